The maximum absolute atomic E-state index is 5.34. The highest BCUT2D eigenvalue weighted by Crippen LogP contribution is 2.57. The predicted molar refractivity (Wildman–Crippen MR) is 294 cm³/mol. The van der Waals surface area contributed by atoms with Gasteiger partial charge in [0.2, 0.25) is 0 Å². The lowest BCUT2D eigenvalue weighted by Gasteiger charge is -2.34. The van der Waals surface area contributed by atoms with Crippen molar-refractivity contribution in [2.75, 3.05) is 0 Å². The lowest BCUT2D eigenvalue weighted by atomic mass is 9.67. The lowest BCUT2D eigenvalue weighted by Crippen LogP contribution is -2.28. The number of allylic oxidation sites excluding steroid dienone is 5. The number of nitrogens with zero attached hydrogens (tertiary/aromatic N) is 3. The summed E-state index contributed by atoms with van der Waals surface area (Å²) in [6.45, 7) is 2.07. The first-order valence-corrected chi connectivity index (χ1v) is 24.0. The Bertz CT molecular complexity index is 4070. The first kappa shape index (κ1) is 41.2. The summed E-state index contributed by atoms with van der Waals surface area (Å²) >= 11 is 0. The molecular formula is C67H45N3. The molecule has 3 heterocycles. The molecule has 1 aliphatic carbocycles. The van der Waals surface area contributed by atoms with E-state index in [2.05, 4.69) is 256 Å². The molecule has 0 atom stereocenters. The molecule has 0 bridgehead atoms. The van der Waals surface area contributed by atoms with Gasteiger partial charge in [-0.2, -0.15) is 0 Å². The maximum atomic E-state index is 5.34. The Balaban J connectivity index is 0.902. The highest BCUT2D eigenvalue weighted by Gasteiger charge is 2.46. The smallest absolute Gasteiger partial charge is 0.0972 e. The molecule has 0 radical (unpaired) electrons. The van der Waals surface area contributed by atoms with Crippen molar-refractivity contribution >= 4 is 65.9 Å². The molecule has 13 rings (SSSR count). The topological polar surface area (TPSA) is 38.7 Å². The average molecular weight is 892 g/mol. The fourth-order valence-corrected chi connectivity index (χ4v) is 11.0. The molecule has 0 saturated heterocycles. The van der Waals surface area contributed by atoms with Crippen LogP contribution in [0.1, 0.15) is 40.4 Å². The van der Waals surface area contributed by atoms with Crippen LogP contribution in [0.2, 0.25) is 0 Å². The highest BCUT2D eigenvalue weighted by atomic mass is 14.8. The Morgan fingerprint density at radius 3 is 1.77 bits per heavy atom. The van der Waals surface area contributed by atoms with Crippen LogP contribution >= 0.6 is 0 Å². The summed E-state index contributed by atoms with van der Waals surface area (Å²) in [5, 5.41) is 7.93. The van der Waals surface area contributed by atoms with Crippen LogP contribution in [0.4, 0.5) is 0 Å². The Morgan fingerprint density at radius 2 is 1.04 bits per heavy atom. The molecule has 70 heavy (non-hydrogen) atoms. The predicted octanol–water partition coefficient (Wildman–Crippen LogP) is 17.0. The molecule has 0 spiro atoms. The number of aromatic nitrogens is 3. The second-order valence-electron chi connectivity index (χ2n) is 18.2. The van der Waals surface area contributed by atoms with E-state index in [1.165, 1.54) is 44.2 Å². The van der Waals surface area contributed by atoms with Crippen LogP contribution in [-0.4, -0.2) is 15.0 Å². The number of hydrogen-bond donors (Lipinski definition) is 0. The van der Waals surface area contributed by atoms with Crippen molar-refractivity contribution in [2.45, 2.75) is 12.3 Å². The van der Waals surface area contributed by atoms with E-state index in [1.54, 1.807) is 0 Å². The van der Waals surface area contributed by atoms with Crippen LogP contribution in [0.15, 0.2) is 249 Å². The van der Waals surface area contributed by atoms with E-state index in [1.807, 2.05) is 6.07 Å². The van der Waals surface area contributed by atoms with E-state index in [0.29, 0.717) is 0 Å². The van der Waals surface area contributed by atoms with E-state index in [9.17, 15) is 0 Å². The fraction of sp³-hybridized carbons (Fsp3) is 0.0299. The first-order chi connectivity index (χ1) is 34.6. The van der Waals surface area contributed by atoms with Gasteiger partial charge in [0.1, 0.15) is 0 Å². The zero-order chi connectivity index (χ0) is 46.6. The summed E-state index contributed by atoms with van der Waals surface area (Å²) in [5.74, 6) is 0. The normalized spacial score (nSPS) is 13.3. The molecule has 0 aliphatic heterocycles. The molecule has 12 aromatic rings. The van der Waals surface area contributed by atoms with Crippen molar-refractivity contribution in [3.63, 3.8) is 0 Å². The van der Waals surface area contributed by atoms with Crippen LogP contribution in [-0.2, 0) is 5.41 Å². The monoisotopic (exact) mass is 891 g/mol. The number of para-hydroxylation sites is 1. The molecule has 3 nitrogen and oxygen atoms in total. The Hall–Kier alpha value is -9.05. The summed E-state index contributed by atoms with van der Waals surface area (Å²) in [7, 11) is 0. The minimum absolute atomic E-state index is 0.487. The molecule has 328 valence electrons. The Morgan fingerprint density at radius 1 is 0.429 bits per heavy atom. The Labute approximate surface area is 407 Å². The van der Waals surface area contributed by atoms with Gasteiger partial charge in [-0.3, -0.25) is 0 Å². The van der Waals surface area contributed by atoms with Gasteiger partial charge in [0.05, 0.1) is 39.0 Å². The van der Waals surface area contributed by atoms with Crippen molar-refractivity contribution in [1.82, 2.24) is 15.0 Å². The standard InChI is InChI=1S/C67H45N3/c1-2-17-44(49-34-30-45-31-35-50(41-51(45)40-49)62-39-37-48-33-32-47-36-38-61(46-18-6-3-7-19-46)69-65(47)66(48)70-62)20-16-29-64-58-42-57-54-25-12-14-27-59(54)67(52-21-8-4-9-22-52,53-23-10-5-11-24-53)60(57)43-56(58)55-26-13-15-28-63(55)68-64/h2-43H,1H3/b17-2-,29-16+,44-20+. The third-order valence-electron chi connectivity index (χ3n) is 14.2. The van der Waals surface area contributed by atoms with Crippen LogP contribution in [0.3, 0.4) is 0 Å². The van der Waals surface area contributed by atoms with Gasteiger partial charge in [0.25, 0.3) is 0 Å². The average Bonchev–Trinajstić information content (AvgIpc) is 3.72. The summed E-state index contributed by atoms with van der Waals surface area (Å²) in [6.07, 6.45) is 10.8. The number of pyridine rings is 3. The summed E-state index contributed by atoms with van der Waals surface area (Å²) in [4.78, 5) is 15.8. The van der Waals surface area contributed by atoms with E-state index in [0.717, 1.165) is 82.8 Å². The minimum atomic E-state index is -0.487. The van der Waals surface area contributed by atoms with Crippen molar-refractivity contribution in [3.8, 4) is 33.6 Å². The van der Waals surface area contributed by atoms with E-state index >= 15 is 0 Å². The third-order valence-corrected chi connectivity index (χ3v) is 14.2. The van der Waals surface area contributed by atoms with Crippen molar-refractivity contribution in [3.05, 3.63) is 282 Å². The molecule has 9 aromatic carbocycles. The summed E-state index contributed by atoms with van der Waals surface area (Å²) in [5.41, 5.74) is 17.1. The van der Waals surface area contributed by atoms with Crippen LogP contribution in [0.5, 0.6) is 0 Å². The van der Waals surface area contributed by atoms with Crippen molar-refractivity contribution < 1.29 is 0 Å². The SMILES string of the molecule is C\C=C/C(=C\C=C\c1nc2ccccc2c2cc3c(cc12)-c1ccccc1C3(c1ccccc1)c1ccccc1)c1ccc2ccc(-c3ccc4ccc5ccc(-c6ccccc6)nc5c4n3)cc2c1. The third kappa shape index (κ3) is 6.77. The number of rotatable bonds is 8. The van der Waals surface area contributed by atoms with E-state index < -0.39 is 5.41 Å². The van der Waals surface area contributed by atoms with Gasteiger partial charge in [-0.25, -0.2) is 15.0 Å². The fourth-order valence-electron chi connectivity index (χ4n) is 11.0. The quantitative estimate of drug-likeness (QED) is 0.113. The van der Waals surface area contributed by atoms with Crippen LogP contribution in [0.25, 0.3) is 99.5 Å². The second-order valence-corrected chi connectivity index (χ2v) is 18.2. The highest BCUT2D eigenvalue weighted by molar-refractivity contribution is 6.11. The van der Waals surface area contributed by atoms with E-state index in [4.69, 9.17) is 15.0 Å². The zero-order valence-electron chi connectivity index (χ0n) is 38.6. The molecule has 0 unspecified atom stereocenters. The summed E-state index contributed by atoms with van der Waals surface area (Å²) in [6, 6.07) is 80.9. The zero-order valence-corrected chi connectivity index (χ0v) is 38.6. The van der Waals surface area contributed by atoms with Gasteiger partial charge in [-0.15, -0.1) is 0 Å². The number of fused-ring (bicyclic) bond motifs is 10. The molecule has 0 saturated carbocycles. The molecular weight excluding hydrogens is 847 g/mol. The molecule has 0 fully saturated rings. The minimum Gasteiger partial charge on any atom is -0.248 e. The number of benzene rings is 9. The van der Waals surface area contributed by atoms with Gasteiger partial charge in [-0.1, -0.05) is 206 Å². The van der Waals surface area contributed by atoms with Gasteiger partial charge in [-0.05, 0) is 116 Å². The Kier molecular flexibility index (Phi) is 9.95. The molecule has 3 aromatic heterocycles. The van der Waals surface area contributed by atoms with Crippen molar-refractivity contribution in [1.29, 1.82) is 0 Å². The van der Waals surface area contributed by atoms with Crippen molar-refractivity contribution in [2.24, 2.45) is 0 Å². The van der Waals surface area contributed by atoms with Crippen LogP contribution < -0.4 is 0 Å². The summed E-state index contributed by atoms with van der Waals surface area (Å²) < 4.78 is 0. The van der Waals surface area contributed by atoms with Gasteiger partial charge >= 0.3 is 0 Å². The van der Waals surface area contributed by atoms with Gasteiger partial charge < -0.3 is 0 Å². The van der Waals surface area contributed by atoms with E-state index in [-0.39, 0.29) is 0 Å². The second kappa shape index (κ2) is 16.9. The molecule has 3 heteroatoms. The van der Waals surface area contributed by atoms with Gasteiger partial charge in [0.15, 0.2) is 0 Å². The van der Waals surface area contributed by atoms with Crippen LogP contribution in [0, 0.1) is 0 Å². The number of hydrogen-bond acceptors (Lipinski definition) is 3. The molecule has 0 amide bonds. The maximum Gasteiger partial charge on any atom is 0.0972 e. The molecule has 0 N–H and O–H groups in total. The lowest BCUT2D eigenvalue weighted by molar-refractivity contribution is 0.769. The first-order valence-electron chi connectivity index (χ1n) is 24.0. The largest absolute Gasteiger partial charge is 0.248 e. The van der Waals surface area contributed by atoms with Gasteiger partial charge in [0, 0.05) is 32.7 Å². The molecule has 1 aliphatic rings.